The first-order chi connectivity index (χ1) is 4.34. The Morgan fingerprint density at radius 1 is 1.89 bits per heavy atom. The fourth-order valence-corrected chi connectivity index (χ4v) is 0.451. The van der Waals surface area contributed by atoms with Gasteiger partial charge in [-0.2, -0.15) is 0 Å². The molecule has 0 spiro atoms. The van der Waals surface area contributed by atoms with Crippen LogP contribution < -0.4 is 5.32 Å². The van der Waals surface area contributed by atoms with Crippen LogP contribution in [0.2, 0.25) is 0 Å². The van der Waals surface area contributed by atoms with Crippen molar-refractivity contribution in [3.05, 3.63) is 18.4 Å². The van der Waals surface area contributed by atoms with Gasteiger partial charge in [0.25, 0.3) is 5.91 Å². The van der Waals surface area contributed by atoms with Gasteiger partial charge in [-0.15, -0.1) is 0 Å². The molecule has 1 aromatic rings. The quantitative estimate of drug-likeness (QED) is 0.577. The first-order valence-electron chi connectivity index (χ1n) is 2.45. The Balaban J connectivity index is 2.77. The van der Waals surface area contributed by atoms with Crippen LogP contribution in [-0.4, -0.2) is 17.9 Å². The van der Waals surface area contributed by atoms with Crippen molar-refractivity contribution in [2.24, 2.45) is 0 Å². The van der Waals surface area contributed by atoms with Crippen LogP contribution in [0.5, 0.6) is 0 Å². The third kappa shape index (κ3) is 1.07. The summed E-state index contributed by atoms with van der Waals surface area (Å²) < 4.78 is 4.66. The smallest absolute Gasteiger partial charge is 0.288 e. The summed E-state index contributed by atoms with van der Waals surface area (Å²) in [6.45, 7) is 0. The number of amides is 1. The Morgan fingerprint density at radius 2 is 2.67 bits per heavy atom. The molecule has 4 nitrogen and oxygen atoms in total. The molecule has 0 radical (unpaired) electrons. The number of oxazole rings is 1. The SMILES string of the molecule is CNC(=O)c1cnco1. The van der Waals surface area contributed by atoms with E-state index in [9.17, 15) is 4.79 Å². The largest absolute Gasteiger partial charge is 0.438 e. The van der Waals surface area contributed by atoms with Gasteiger partial charge in [-0.1, -0.05) is 0 Å². The number of nitrogens with zero attached hydrogens (tertiary/aromatic N) is 1. The molecule has 0 unspecified atom stereocenters. The lowest BCUT2D eigenvalue weighted by atomic mass is 10.5. The highest BCUT2D eigenvalue weighted by atomic mass is 16.3. The van der Waals surface area contributed by atoms with Crippen LogP contribution in [0.15, 0.2) is 17.0 Å². The highest BCUT2D eigenvalue weighted by Crippen LogP contribution is 1.93. The summed E-state index contributed by atoms with van der Waals surface area (Å²) >= 11 is 0. The van der Waals surface area contributed by atoms with Crippen molar-refractivity contribution in [2.45, 2.75) is 0 Å². The molecule has 4 heteroatoms. The molecule has 0 aliphatic heterocycles. The number of rotatable bonds is 1. The van der Waals surface area contributed by atoms with E-state index >= 15 is 0 Å². The van der Waals surface area contributed by atoms with Gasteiger partial charge in [0.05, 0.1) is 6.20 Å². The molecule has 1 amide bonds. The summed E-state index contributed by atoms with van der Waals surface area (Å²) in [6, 6.07) is 0. The van der Waals surface area contributed by atoms with Crippen LogP contribution in [0.3, 0.4) is 0 Å². The van der Waals surface area contributed by atoms with E-state index < -0.39 is 0 Å². The number of nitrogens with one attached hydrogen (secondary N) is 1. The molecule has 0 aliphatic rings. The van der Waals surface area contributed by atoms with Gasteiger partial charge in [0, 0.05) is 7.05 Å². The van der Waals surface area contributed by atoms with Crippen molar-refractivity contribution in [3.63, 3.8) is 0 Å². The maximum absolute atomic E-state index is 10.6. The second-order valence-corrected chi connectivity index (χ2v) is 1.44. The molecular weight excluding hydrogens is 120 g/mol. The van der Waals surface area contributed by atoms with Gasteiger partial charge in [-0.05, 0) is 0 Å². The summed E-state index contributed by atoms with van der Waals surface area (Å²) in [5.74, 6) is -0.0231. The van der Waals surface area contributed by atoms with Crippen molar-refractivity contribution in [1.29, 1.82) is 0 Å². The van der Waals surface area contributed by atoms with Crippen molar-refractivity contribution in [2.75, 3.05) is 7.05 Å². The van der Waals surface area contributed by atoms with E-state index in [0.29, 0.717) is 0 Å². The molecule has 48 valence electrons. The van der Waals surface area contributed by atoms with Crippen LogP contribution >= 0.6 is 0 Å². The topological polar surface area (TPSA) is 55.1 Å². The van der Waals surface area contributed by atoms with Gasteiger partial charge < -0.3 is 9.73 Å². The van der Waals surface area contributed by atoms with Gasteiger partial charge in [-0.3, -0.25) is 4.79 Å². The number of carbonyl (C=O) groups excluding carboxylic acids is 1. The highest BCUT2D eigenvalue weighted by Gasteiger charge is 2.03. The summed E-state index contributed by atoms with van der Waals surface area (Å²) in [5.41, 5.74) is 0. The zero-order valence-corrected chi connectivity index (χ0v) is 4.92. The second-order valence-electron chi connectivity index (χ2n) is 1.44. The molecule has 0 atom stereocenters. The van der Waals surface area contributed by atoms with Crippen molar-refractivity contribution in [3.8, 4) is 0 Å². The standard InChI is InChI=1S/C5H6N2O2/c1-6-5(8)4-2-7-3-9-4/h2-3H,1H3,(H,6,8). The zero-order valence-electron chi connectivity index (χ0n) is 4.92. The van der Waals surface area contributed by atoms with Crippen molar-refractivity contribution >= 4 is 5.91 Å². The molecule has 1 N–H and O–H groups in total. The van der Waals surface area contributed by atoms with Crippen LogP contribution in [0, 0.1) is 0 Å². The van der Waals surface area contributed by atoms with E-state index in [1.54, 1.807) is 0 Å². The predicted octanol–water partition coefficient (Wildman–Crippen LogP) is 0.0342. The monoisotopic (exact) mass is 126 g/mol. The Kier molecular flexibility index (Phi) is 1.48. The molecule has 0 saturated heterocycles. The van der Waals surface area contributed by atoms with E-state index in [0.717, 1.165) is 0 Å². The Labute approximate surface area is 51.9 Å². The van der Waals surface area contributed by atoms with Gasteiger partial charge in [0.15, 0.2) is 6.39 Å². The average Bonchev–Trinajstić information content (AvgIpc) is 2.37. The first kappa shape index (κ1) is 5.81. The fourth-order valence-electron chi connectivity index (χ4n) is 0.451. The lowest BCUT2D eigenvalue weighted by Crippen LogP contribution is -2.16. The predicted molar refractivity (Wildman–Crippen MR) is 29.9 cm³/mol. The molecule has 0 fully saturated rings. The van der Waals surface area contributed by atoms with Gasteiger partial charge >= 0.3 is 0 Å². The molecule has 1 heterocycles. The minimum Gasteiger partial charge on any atom is -0.438 e. The molecule has 9 heavy (non-hydrogen) atoms. The van der Waals surface area contributed by atoms with Crippen LogP contribution in [0.25, 0.3) is 0 Å². The number of hydrogen-bond donors (Lipinski definition) is 1. The van der Waals surface area contributed by atoms with Gasteiger partial charge in [0.1, 0.15) is 0 Å². The number of carbonyl (C=O) groups is 1. The van der Waals surface area contributed by atoms with Crippen LogP contribution in [0.1, 0.15) is 10.6 Å². The summed E-state index contributed by atoms with van der Waals surface area (Å²) in [5, 5.41) is 2.39. The molecule has 0 bridgehead atoms. The minimum absolute atomic E-state index is 0.234. The number of hydrogen-bond acceptors (Lipinski definition) is 3. The first-order valence-corrected chi connectivity index (χ1v) is 2.45. The van der Waals surface area contributed by atoms with E-state index in [2.05, 4.69) is 14.7 Å². The third-order valence-electron chi connectivity index (χ3n) is 0.883. The molecule has 0 saturated carbocycles. The average molecular weight is 126 g/mol. The molecular formula is C5H6N2O2. The summed E-state index contributed by atoms with van der Waals surface area (Å²) in [6.07, 6.45) is 2.57. The maximum Gasteiger partial charge on any atom is 0.288 e. The highest BCUT2D eigenvalue weighted by molar-refractivity contribution is 5.90. The van der Waals surface area contributed by atoms with E-state index in [1.165, 1.54) is 19.6 Å². The second kappa shape index (κ2) is 2.30. The number of aromatic nitrogens is 1. The van der Waals surface area contributed by atoms with E-state index in [-0.39, 0.29) is 11.7 Å². The van der Waals surface area contributed by atoms with Crippen molar-refractivity contribution in [1.82, 2.24) is 10.3 Å². The Morgan fingerprint density at radius 3 is 3.11 bits per heavy atom. The molecule has 0 aliphatic carbocycles. The lowest BCUT2D eigenvalue weighted by molar-refractivity contribution is 0.0935. The Hall–Kier alpha value is -1.32. The molecule has 0 aromatic carbocycles. The van der Waals surface area contributed by atoms with Crippen LogP contribution in [0.4, 0.5) is 0 Å². The summed E-state index contributed by atoms with van der Waals surface area (Å²) in [7, 11) is 1.53. The van der Waals surface area contributed by atoms with E-state index in [1.807, 2.05) is 0 Å². The maximum atomic E-state index is 10.6. The minimum atomic E-state index is -0.257. The Bertz CT molecular complexity index is 193. The normalized spacial score (nSPS) is 9.00. The third-order valence-corrected chi connectivity index (χ3v) is 0.883. The summed E-state index contributed by atoms with van der Waals surface area (Å²) in [4.78, 5) is 14.2. The van der Waals surface area contributed by atoms with Gasteiger partial charge in [-0.25, -0.2) is 4.98 Å². The molecule has 1 aromatic heterocycles. The van der Waals surface area contributed by atoms with E-state index in [4.69, 9.17) is 0 Å². The zero-order chi connectivity index (χ0) is 6.69. The van der Waals surface area contributed by atoms with Crippen LogP contribution in [-0.2, 0) is 0 Å². The lowest BCUT2D eigenvalue weighted by Gasteiger charge is -1.88. The fraction of sp³-hybridized carbons (Fsp3) is 0.200. The van der Waals surface area contributed by atoms with Gasteiger partial charge in [0.2, 0.25) is 5.76 Å². The molecule has 1 rings (SSSR count). The van der Waals surface area contributed by atoms with Crippen molar-refractivity contribution < 1.29 is 9.21 Å².